The number of benzene rings is 2. The maximum Gasteiger partial charge on any atom is 0.115 e. The van der Waals surface area contributed by atoms with Crippen LogP contribution in [0, 0.1) is 0 Å². The Labute approximate surface area is 133 Å². The van der Waals surface area contributed by atoms with Crippen molar-refractivity contribution >= 4 is 10.8 Å². The molecule has 0 bridgehead atoms. The first-order chi connectivity index (χ1) is 10.6. The number of hydrogen-bond acceptors (Lipinski definition) is 2. The Morgan fingerprint density at radius 3 is 1.95 bits per heavy atom. The Balaban J connectivity index is 0.000000172. The SMILES string of the molecule is CC(C)c1cccc2ccccc12.CC(C)c1cncnc1. The van der Waals surface area contributed by atoms with Gasteiger partial charge in [0.15, 0.2) is 0 Å². The fourth-order valence-electron chi connectivity index (χ4n) is 2.36. The van der Waals surface area contributed by atoms with Gasteiger partial charge in [0, 0.05) is 12.4 Å². The van der Waals surface area contributed by atoms with Crippen LogP contribution in [0.1, 0.15) is 50.7 Å². The van der Waals surface area contributed by atoms with Crippen LogP contribution in [0.4, 0.5) is 0 Å². The van der Waals surface area contributed by atoms with Gasteiger partial charge in [0.05, 0.1) is 0 Å². The average molecular weight is 292 g/mol. The van der Waals surface area contributed by atoms with Crippen LogP contribution in [0.5, 0.6) is 0 Å². The van der Waals surface area contributed by atoms with Gasteiger partial charge in [-0.2, -0.15) is 0 Å². The first-order valence-corrected chi connectivity index (χ1v) is 7.82. The predicted molar refractivity (Wildman–Crippen MR) is 94.2 cm³/mol. The Hall–Kier alpha value is -2.22. The standard InChI is InChI=1S/C13H14.C7H10N2/c1-10(2)12-9-5-7-11-6-3-4-8-13(11)12;1-6(2)7-3-8-5-9-4-7/h3-10H,1-2H3;3-6H,1-2H3. The molecule has 1 heterocycles. The molecular formula is C20H24N2. The van der Waals surface area contributed by atoms with Crippen molar-refractivity contribution in [3.63, 3.8) is 0 Å². The van der Waals surface area contributed by atoms with Gasteiger partial charge < -0.3 is 0 Å². The molecule has 0 saturated heterocycles. The molecular weight excluding hydrogens is 268 g/mol. The number of hydrogen-bond donors (Lipinski definition) is 0. The van der Waals surface area contributed by atoms with Gasteiger partial charge in [-0.3, -0.25) is 0 Å². The van der Waals surface area contributed by atoms with E-state index in [0.29, 0.717) is 11.8 Å². The van der Waals surface area contributed by atoms with Crippen molar-refractivity contribution in [2.45, 2.75) is 39.5 Å². The molecule has 2 nitrogen and oxygen atoms in total. The molecule has 0 amide bonds. The van der Waals surface area contributed by atoms with E-state index in [4.69, 9.17) is 0 Å². The van der Waals surface area contributed by atoms with Crippen molar-refractivity contribution < 1.29 is 0 Å². The summed E-state index contributed by atoms with van der Waals surface area (Å²) in [7, 11) is 0. The molecule has 0 N–H and O–H groups in total. The van der Waals surface area contributed by atoms with Crippen LogP contribution in [0.25, 0.3) is 10.8 Å². The monoisotopic (exact) mass is 292 g/mol. The van der Waals surface area contributed by atoms with E-state index in [1.165, 1.54) is 21.9 Å². The second kappa shape index (κ2) is 7.69. The third-order valence-corrected chi connectivity index (χ3v) is 3.69. The van der Waals surface area contributed by atoms with E-state index < -0.39 is 0 Å². The van der Waals surface area contributed by atoms with Crippen molar-refractivity contribution in [2.75, 3.05) is 0 Å². The van der Waals surface area contributed by atoms with Crippen LogP contribution in [0.3, 0.4) is 0 Å². The van der Waals surface area contributed by atoms with Gasteiger partial charge in [0.2, 0.25) is 0 Å². The van der Waals surface area contributed by atoms with Crippen molar-refractivity contribution in [1.29, 1.82) is 0 Å². The van der Waals surface area contributed by atoms with E-state index in [9.17, 15) is 0 Å². The summed E-state index contributed by atoms with van der Waals surface area (Å²) in [5.74, 6) is 1.14. The average Bonchev–Trinajstić information content (AvgIpc) is 2.55. The zero-order chi connectivity index (χ0) is 15.9. The van der Waals surface area contributed by atoms with Crippen LogP contribution < -0.4 is 0 Å². The molecule has 0 aliphatic carbocycles. The van der Waals surface area contributed by atoms with Gasteiger partial charge in [0.25, 0.3) is 0 Å². The molecule has 2 aromatic carbocycles. The molecule has 3 aromatic rings. The lowest BCUT2D eigenvalue weighted by molar-refractivity contribution is 0.845. The minimum Gasteiger partial charge on any atom is -0.245 e. The minimum absolute atomic E-state index is 0.534. The van der Waals surface area contributed by atoms with E-state index in [0.717, 1.165) is 0 Å². The van der Waals surface area contributed by atoms with Crippen LogP contribution in [-0.2, 0) is 0 Å². The summed E-state index contributed by atoms with van der Waals surface area (Å²) < 4.78 is 0. The molecule has 0 aliphatic rings. The summed E-state index contributed by atoms with van der Waals surface area (Å²) in [6.45, 7) is 8.72. The molecule has 0 spiro atoms. The van der Waals surface area contributed by atoms with E-state index in [1.807, 2.05) is 12.4 Å². The molecule has 0 aliphatic heterocycles. The number of nitrogens with zero attached hydrogens (tertiary/aromatic N) is 2. The minimum atomic E-state index is 0.534. The summed E-state index contributed by atoms with van der Waals surface area (Å²) in [6, 6.07) is 15.1. The lowest BCUT2D eigenvalue weighted by Crippen LogP contribution is -1.88. The summed E-state index contributed by atoms with van der Waals surface area (Å²) in [5, 5.41) is 2.73. The largest absolute Gasteiger partial charge is 0.245 e. The van der Waals surface area contributed by atoms with Crippen LogP contribution in [0.2, 0.25) is 0 Å². The van der Waals surface area contributed by atoms with Gasteiger partial charge in [-0.1, -0.05) is 70.2 Å². The van der Waals surface area contributed by atoms with Gasteiger partial charge >= 0.3 is 0 Å². The van der Waals surface area contributed by atoms with Crippen molar-refractivity contribution in [3.05, 3.63) is 72.3 Å². The molecule has 1 aromatic heterocycles. The maximum absolute atomic E-state index is 3.89. The number of fused-ring (bicyclic) bond motifs is 1. The number of rotatable bonds is 2. The quantitative estimate of drug-likeness (QED) is 0.617. The van der Waals surface area contributed by atoms with Crippen molar-refractivity contribution in [2.24, 2.45) is 0 Å². The zero-order valence-electron chi connectivity index (χ0n) is 13.8. The fourth-order valence-corrected chi connectivity index (χ4v) is 2.36. The first kappa shape index (κ1) is 16.2. The van der Waals surface area contributed by atoms with Crippen LogP contribution in [0.15, 0.2) is 61.2 Å². The number of aromatic nitrogens is 2. The van der Waals surface area contributed by atoms with Crippen molar-refractivity contribution in [1.82, 2.24) is 9.97 Å². The summed E-state index contributed by atoms with van der Waals surface area (Å²) in [4.78, 5) is 7.79. The normalized spacial score (nSPS) is 10.6. The second-order valence-corrected chi connectivity index (χ2v) is 6.05. The molecule has 0 atom stereocenters. The molecule has 3 rings (SSSR count). The molecule has 0 fully saturated rings. The van der Waals surface area contributed by atoms with E-state index >= 15 is 0 Å². The first-order valence-electron chi connectivity index (χ1n) is 7.82. The predicted octanol–water partition coefficient (Wildman–Crippen LogP) is 5.56. The molecule has 114 valence electrons. The topological polar surface area (TPSA) is 25.8 Å². The fraction of sp³-hybridized carbons (Fsp3) is 0.300. The third kappa shape index (κ3) is 4.14. The van der Waals surface area contributed by atoms with Crippen LogP contribution in [-0.4, -0.2) is 9.97 Å². The Bertz CT molecular complexity index is 698. The smallest absolute Gasteiger partial charge is 0.115 e. The third-order valence-electron chi connectivity index (χ3n) is 3.69. The summed E-state index contributed by atoms with van der Waals surface area (Å²) >= 11 is 0. The Morgan fingerprint density at radius 2 is 1.36 bits per heavy atom. The highest BCUT2D eigenvalue weighted by atomic mass is 14.8. The van der Waals surface area contributed by atoms with E-state index in [2.05, 4.69) is 80.1 Å². The molecule has 0 saturated carbocycles. The van der Waals surface area contributed by atoms with Gasteiger partial charge in [-0.05, 0) is 33.7 Å². The zero-order valence-corrected chi connectivity index (χ0v) is 13.8. The van der Waals surface area contributed by atoms with Crippen LogP contribution >= 0.6 is 0 Å². The lowest BCUT2D eigenvalue weighted by Gasteiger charge is -2.08. The molecule has 0 radical (unpaired) electrons. The van der Waals surface area contributed by atoms with E-state index in [-0.39, 0.29) is 0 Å². The maximum atomic E-state index is 3.89. The highest BCUT2D eigenvalue weighted by Gasteiger charge is 2.02. The second-order valence-electron chi connectivity index (χ2n) is 6.05. The Morgan fingerprint density at radius 1 is 0.727 bits per heavy atom. The highest BCUT2D eigenvalue weighted by molar-refractivity contribution is 5.86. The lowest BCUT2D eigenvalue weighted by atomic mass is 9.96. The summed E-state index contributed by atoms with van der Waals surface area (Å²) in [6.07, 6.45) is 5.24. The van der Waals surface area contributed by atoms with Gasteiger partial charge in [0.1, 0.15) is 6.33 Å². The molecule has 22 heavy (non-hydrogen) atoms. The highest BCUT2D eigenvalue weighted by Crippen LogP contribution is 2.24. The summed E-state index contributed by atoms with van der Waals surface area (Å²) in [5.41, 5.74) is 2.63. The van der Waals surface area contributed by atoms with E-state index in [1.54, 1.807) is 6.33 Å². The molecule has 2 heteroatoms. The van der Waals surface area contributed by atoms with Crippen molar-refractivity contribution in [3.8, 4) is 0 Å². The van der Waals surface area contributed by atoms with Gasteiger partial charge in [-0.25, -0.2) is 9.97 Å². The Kier molecular flexibility index (Phi) is 5.65. The molecule has 0 unspecified atom stereocenters. The van der Waals surface area contributed by atoms with Gasteiger partial charge in [-0.15, -0.1) is 0 Å².